The summed E-state index contributed by atoms with van der Waals surface area (Å²) in [6.45, 7) is 8.60. The predicted octanol–water partition coefficient (Wildman–Crippen LogP) is 5.91. The molecule has 0 radical (unpaired) electrons. The van der Waals surface area contributed by atoms with Gasteiger partial charge in [0, 0.05) is 11.5 Å². The van der Waals surface area contributed by atoms with Crippen LogP contribution in [-0.4, -0.2) is 6.29 Å². The first-order valence-electron chi connectivity index (χ1n) is 8.69. The van der Waals surface area contributed by atoms with Gasteiger partial charge in [-0.3, -0.25) is 4.79 Å². The zero-order valence-electron chi connectivity index (χ0n) is 15.3. The quantitative estimate of drug-likeness (QED) is 0.429. The highest BCUT2D eigenvalue weighted by Gasteiger charge is 2.18. The maximum Gasteiger partial charge on any atom is 0.150 e. The third-order valence-corrected chi connectivity index (χ3v) is 5.13. The van der Waals surface area contributed by atoms with Gasteiger partial charge in [0.15, 0.2) is 0 Å². The van der Waals surface area contributed by atoms with Gasteiger partial charge in [-0.15, -0.1) is 0 Å². The van der Waals surface area contributed by atoms with Crippen LogP contribution in [0.1, 0.15) is 55.2 Å². The van der Waals surface area contributed by atoms with Crippen molar-refractivity contribution in [2.75, 3.05) is 0 Å². The summed E-state index contributed by atoms with van der Waals surface area (Å²) in [5.74, 6) is 0.166. The minimum absolute atomic E-state index is 0.166. The minimum Gasteiger partial charge on any atom is -0.298 e. The number of benzene rings is 3. The lowest BCUT2D eigenvalue weighted by Crippen LogP contribution is -2.05. The number of hydrogen-bond acceptors (Lipinski definition) is 1. The Morgan fingerprint density at radius 3 is 1.44 bits per heavy atom. The normalized spacial score (nSPS) is 10.9. The second kappa shape index (κ2) is 7.06. The Labute approximate surface area is 150 Å². The lowest BCUT2D eigenvalue weighted by atomic mass is 9.83. The van der Waals surface area contributed by atoms with Crippen molar-refractivity contribution >= 4 is 6.29 Å². The maximum absolute atomic E-state index is 11.0. The average Bonchev–Trinajstić information content (AvgIpc) is 2.62. The van der Waals surface area contributed by atoms with E-state index in [1.54, 1.807) is 0 Å². The summed E-state index contributed by atoms with van der Waals surface area (Å²) in [6, 6.07) is 21.3. The molecule has 0 atom stereocenters. The van der Waals surface area contributed by atoms with E-state index in [9.17, 15) is 4.79 Å². The second-order valence-corrected chi connectivity index (χ2v) is 6.90. The fraction of sp³-hybridized carbons (Fsp3) is 0.208. The molecular weight excluding hydrogens is 304 g/mol. The van der Waals surface area contributed by atoms with Crippen LogP contribution in [0, 0.1) is 27.7 Å². The maximum atomic E-state index is 11.0. The first kappa shape index (κ1) is 17.2. The summed E-state index contributed by atoms with van der Waals surface area (Å²) in [5.41, 5.74) is 9.69. The van der Waals surface area contributed by atoms with Gasteiger partial charge in [-0.2, -0.15) is 0 Å². The fourth-order valence-electron chi connectivity index (χ4n) is 3.23. The summed E-state index contributed by atoms with van der Waals surface area (Å²) in [5, 5.41) is 0. The van der Waals surface area contributed by atoms with Gasteiger partial charge >= 0.3 is 0 Å². The van der Waals surface area contributed by atoms with E-state index in [0.717, 1.165) is 6.29 Å². The lowest BCUT2D eigenvalue weighted by Gasteiger charge is -2.21. The van der Waals surface area contributed by atoms with Crippen LogP contribution in [0.4, 0.5) is 0 Å². The smallest absolute Gasteiger partial charge is 0.150 e. The van der Waals surface area contributed by atoms with E-state index in [-0.39, 0.29) is 5.92 Å². The molecule has 0 aliphatic heterocycles. The molecule has 0 saturated heterocycles. The summed E-state index contributed by atoms with van der Waals surface area (Å²) in [7, 11) is 0. The van der Waals surface area contributed by atoms with E-state index in [2.05, 4.69) is 76.2 Å². The Morgan fingerprint density at radius 2 is 1.04 bits per heavy atom. The highest BCUT2D eigenvalue weighted by atomic mass is 16.1. The molecule has 3 aromatic carbocycles. The average molecular weight is 328 g/mol. The summed E-state index contributed by atoms with van der Waals surface area (Å²) >= 11 is 0. The van der Waals surface area contributed by atoms with E-state index in [0.29, 0.717) is 5.56 Å². The van der Waals surface area contributed by atoms with Crippen LogP contribution in [0.3, 0.4) is 0 Å². The number of rotatable bonds is 4. The zero-order valence-corrected chi connectivity index (χ0v) is 15.3. The topological polar surface area (TPSA) is 17.1 Å². The van der Waals surface area contributed by atoms with E-state index in [1.807, 2.05) is 12.1 Å². The minimum atomic E-state index is 0.166. The van der Waals surface area contributed by atoms with Crippen molar-refractivity contribution in [2.45, 2.75) is 33.6 Å². The Balaban J connectivity index is 2.16. The van der Waals surface area contributed by atoms with Gasteiger partial charge in [0.25, 0.3) is 0 Å². The molecular formula is C24H24O. The number of carbonyl (C=O) groups is 1. The zero-order chi connectivity index (χ0) is 18.0. The highest BCUT2D eigenvalue weighted by molar-refractivity contribution is 5.74. The van der Waals surface area contributed by atoms with Crippen LogP contribution in [-0.2, 0) is 0 Å². The van der Waals surface area contributed by atoms with E-state index >= 15 is 0 Å². The molecule has 25 heavy (non-hydrogen) atoms. The number of aldehydes is 1. The second-order valence-electron chi connectivity index (χ2n) is 6.90. The lowest BCUT2D eigenvalue weighted by molar-refractivity contribution is 0.112. The SMILES string of the molecule is Cc1ccc(C(c2ccc(C=O)cc2)c2ccc(C)c(C)c2)cc1C. The molecule has 126 valence electrons. The van der Waals surface area contributed by atoms with Gasteiger partial charge in [0.2, 0.25) is 0 Å². The van der Waals surface area contributed by atoms with Crippen molar-refractivity contribution in [2.24, 2.45) is 0 Å². The standard InChI is InChI=1S/C24H24O/c1-16-5-9-22(13-18(16)3)24(21-11-7-20(15-25)8-12-21)23-10-6-17(2)19(4)14-23/h5-15,24H,1-4H3. The van der Waals surface area contributed by atoms with Crippen molar-refractivity contribution in [3.05, 3.63) is 105 Å². The van der Waals surface area contributed by atoms with E-state index in [4.69, 9.17) is 0 Å². The molecule has 0 fully saturated rings. The number of carbonyl (C=O) groups excluding carboxylic acids is 1. The van der Waals surface area contributed by atoms with Crippen molar-refractivity contribution in [3.63, 3.8) is 0 Å². The first-order chi connectivity index (χ1) is 12.0. The first-order valence-corrected chi connectivity index (χ1v) is 8.69. The molecule has 1 nitrogen and oxygen atoms in total. The summed E-state index contributed by atoms with van der Waals surface area (Å²) in [6.07, 6.45) is 0.894. The van der Waals surface area contributed by atoms with Gasteiger partial charge in [-0.1, -0.05) is 60.7 Å². The summed E-state index contributed by atoms with van der Waals surface area (Å²) < 4.78 is 0. The van der Waals surface area contributed by atoms with Crippen molar-refractivity contribution in [3.8, 4) is 0 Å². The summed E-state index contributed by atoms with van der Waals surface area (Å²) in [4.78, 5) is 11.0. The third-order valence-electron chi connectivity index (χ3n) is 5.13. The molecule has 0 amide bonds. The largest absolute Gasteiger partial charge is 0.298 e. The monoisotopic (exact) mass is 328 g/mol. The van der Waals surface area contributed by atoms with Gasteiger partial charge in [-0.25, -0.2) is 0 Å². The van der Waals surface area contributed by atoms with Crippen LogP contribution in [0.2, 0.25) is 0 Å². The van der Waals surface area contributed by atoms with Gasteiger partial charge < -0.3 is 0 Å². The van der Waals surface area contributed by atoms with Crippen LogP contribution in [0.25, 0.3) is 0 Å². The van der Waals surface area contributed by atoms with Gasteiger partial charge in [0.1, 0.15) is 6.29 Å². The van der Waals surface area contributed by atoms with Crippen LogP contribution >= 0.6 is 0 Å². The van der Waals surface area contributed by atoms with Crippen molar-refractivity contribution < 1.29 is 4.79 Å². The third kappa shape index (κ3) is 3.56. The van der Waals surface area contributed by atoms with E-state index < -0.39 is 0 Å². The van der Waals surface area contributed by atoms with E-state index in [1.165, 1.54) is 38.9 Å². The molecule has 0 heterocycles. The number of hydrogen-bond donors (Lipinski definition) is 0. The molecule has 1 heteroatoms. The van der Waals surface area contributed by atoms with Crippen molar-refractivity contribution in [1.82, 2.24) is 0 Å². The molecule has 0 spiro atoms. The molecule has 0 aromatic heterocycles. The Hall–Kier alpha value is -2.67. The van der Waals surface area contributed by atoms with Gasteiger partial charge in [-0.05, 0) is 66.6 Å². The Kier molecular flexibility index (Phi) is 4.85. The van der Waals surface area contributed by atoms with Crippen LogP contribution < -0.4 is 0 Å². The molecule has 3 rings (SSSR count). The molecule has 0 aliphatic carbocycles. The highest BCUT2D eigenvalue weighted by Crippen LogP contribution is 2.34. The Bertz CT molecular complexity index is 852. The molecule has 0 saturated carbocycles. The molecule has 0 unspecified atom stereocenters. The molecule has 0 N–H and O–H groups in total. The van der Waals surface area contributed by atoms with Crippen molar-refractivity contribution in [1.29, 1.82) is 0 Å². The van der Waals surface area contributed by atoms with Crippen LogP contribution in [0.5, 0.6) is 0 Å². The fourth-order valence-corrected chi connectivity index (χ4v) is 3.23. The number of aryl methyl sites for hydroxylation is 4. The predicted molar refractivity (Wildman–Crippen MR) is 105 cm³/mol. The molecule has 0 aliphatic rings. The Morgan fingerprint density at radius 1 is 0.600 bits per heavy atom. The molecule has 0 bridgehead atoms. The molecule has 3 aromatic rings. The van der Waals surface area contributed by atoms with Gasteiger partial charge in [0.05, 0.1) is 0 Å². The van der Waals surface area contributed by atoms with Crippen LogP contribution in [0.15, 0.2) is 60.7 Å².